The fourth-order valence-electron chi connectivity index (χ4n) is 2.40. The highest BCUT2D eigenvalue weighted by molar-refractivity contribution is 5.96. The molecule has 6 nitrogen and oxygen atoms in total. The molecule has 0 aliphatic heterocycles. The second-order valence-electron chi connectivity index (χ2n) is 5.54. The van der Waals surface area contributed by atoms with E-state index in [9.17, 15) is 4.79 Å². The average molecular weight is 314 g/mol. The molecule has 2 rings (SSSR count). The molecule has 0 bridgehead atoms. The first-order chi connectivity index (χ1) is 10.8. The molecule has 0 fully saturated rings. The van der Waals surface area contributed by atoms with Crippen molar-refractivity contribution in [2.45, 2.75) is 33.8 Å². The lowest BCUT2D eigenvalue weighted by atomic mass is 10.1. The summed E-state index contributed by atoms with van der Waals surface area (Å²) in [6, 6.07) is 5.98. The van der Waals surface area contributed by atoms with E-state index in [1.165, 1.54) is 0 Å². The van der Waals surface area contributed by atoms with E-state index < -0.39 is 6.10 Å². The van der Waals surface area contributed by atoms with E-state index in [0.717, 1.165) is 16.9 Å². The molecule has 6 heteroatoms. The van der Waals surface area contributed by atoms with Gasteiger partial charge < -0.3 is 15.8 Å². The minimum absolute atomic E-state index is 0.126. The van der Waals surface area contributed by atoms with Crippen LogP contribution in [0.25, 0.3) is 0 Å². The molecule has 122 valence electrons. The topological polar surface area (TPSA) is 90.1 Å². The number of aryl methyl sites for hydroxylation is 3. The summed E-state index contributed by atoms with van der Waals surface area (Å²) in [5.41, 5.74) is 9.28. The van der Waals surface area contributed by atoms with Crippen molar-refractivity contribution in [3.8, 4) is 5.75 Å². The van der Waals surface area contributed by atoms with Crippen molar-refractivity contribution in [2.24, 2.45) is 0 Å². The zero-order valence-corrected chi connectivity index (χ0v) is 14.1. The summed E-state index contributed by atoms with van der Waals surface area (Å²) in [4.78, 5) is 20.5. The molecule has 0 saturated carbocycles. The van der Waals surface area contributed by atoms with Gasteiger partial charge in [-0.2, -0.15) is 0 Å². The lowest BCUT2D eigenvalue weighted by molar-refractivity contribution is 0.0956. The smallest absolute Gasteiger partial charge is 0.254 e. The quantitative estimate of drug-likeness (QED) is 0.905. The molecule has 1 aromatic heterocycles. The molecule has 1 amide bonds. The Labute approximate surface area is 136 Å². The van der Waals surface area contributed by atoms with Crippen LogP contribution in [0.4, 0.5) is 5.95 Å². The number of carbonyl (C=O) groups is 1. The number of amides is 1. The van der Waals surface area contributed by atoms with E-state index in [4.69, 9.17) is 10.5 Å². The summed E-state index contributed by atoms with van der Waals surface area (Å²) >= 11 is 0. The van der Waals surface area contributed by atoms with Crippen molar-refractivity contribution >= 4 is 11.9 Å². The van der Waals surface area contributed by atoms with Crippen molar-refractivity contribution < 1.29 is 9.53 Å². The molecule has 0 aliphatic carbocycles. The molecule has 0 spiro atoms. The Morgan fingerprint density at radius 1 is 1.26 bits per heavy atom. The Bertz CT molecular complexity index is 744. The minimum Gasteiger partial charge on any atom is -0.484 e. The SMILES string of the molecule is CNC(=O)c1c(C)nc(N)nc1C(C)Oc1cc(C)ccc1C. The number of hydrogen-bond acceptors (Lipinski definition) is 5. The number of ether oxygens (including phenoxy) is 1. The first-order valence-electron chi connectivity index (χ1n) is 7.43. The first-order valence-corrected chi connectivity index (χ1v) is 7.43. The number of benzene rings is 1. The number of hydrogen-bond donors (Lipinski definition) is 2. The maximum atomic E-state index is 12.2. The van der Waals surface area contributed by atoms with Gasteiger partial charge in [0.2, 0.25) is 5.95 Å². The van der Waals surface area contributed by atoms with Gasteiger partial charge in [-0.25, -0.2) is 9.97 Å². The molecule has 3 N–H and O–H groups in total. The van der Waals surface area contributed by atoms with E-state index in [2.05, 4.69) is 15.3 Å². The van der Waals surface area contributed by atoms with Gasteiger partial charge in [-0.3, -0.25) is 4.79 Å². The molecule has 1 aromatic carbocycles. The van der Waals surface area contributed by atoms with Gasteiger partial charge in [-0.15, -0.1) is 0 Å². The van der Waals surface area contributed by atoms with Crippen LogP contribution in [0.5, 0.6) is 5.75 Å². The van der Waals surface area contributed by atoms with Crippen LogP contribution in [-0.2, 0) is 0 Å². The Hall–Kier alpha value is -2.63. The van der Waals surface area contributed by atoms with E-state index in [0.29, 0.717) is 17.0 Å². The lowest BCUT2D eigenvalue weighted by Crippen LogP contribution is -2.25. The fraction of sp³-hybridized carbons (Fsp3) is 0.353. The maximum Gasteiger partial charge on any atom is 0.254 e. The highest BCUT2D eigenvalue weighted by Crippen LogP contribution is 2.27. The summed E-state index contributed by atoms with van der Waals surface area (Å²) in [6.07, 6.45) is -0.438. The van der Waals surface area contributed by atoms with Gasteiger partial charge >= 0.3 is 0 Å². The number of nitrogen functional groups attached to an aromatic ring is 1. The van der Waals surface area contributed by atoms with Crippen LogP contribution >= 0.6 is 0 Å². The summed E-state index contributed by atoms with van der Waals surface area (Å²) in [6.45, 7) is 7.55. The van der Waals surface area contributed by atoms with Crippen LogP contribution in [0.3, 0.4) is 0 Å². The van der Waals surface area contributed by atoms with E-state index in [-0.39, 0.29) is 11.9 Å². The lowest BCUT2D eigenvalue weighted by Gasteiger charge is -2.19. The molecule has 23 heavy (non-hydrogen) atoms. The van der Waals surface area contributed by atoms with Crippen molar-refractivity contribution in [1.82, 2.24) is 15.3 Å². The number of rotatable bonds is 4. The van der Waals surface area contributed by atoms with Gasteiger partial charge in [0.1, 0.15) is 11.9 Å². The van der Waals surface area contributed by atoms with Gasteiger partial charge in [-0.1, -0.05) is 12.1 Å². The molecule has 0 radical (unpaired) electrons. The summed E-state index contributed by atoms with van der Waals surface area (Å²) in [5, 5.41) is 2.61. The van der Waals surface area contributed by atoms with Crippen molar-refractivity contribution in [3.63, 3.8) is 0 Å². The molecular formula is C17H22N4O2. The Kier molecular flexibility index (Phi) is 4.83. The molecule has 0 aliphatic rings. The Morgan fingerprint density at radius 2 is 1.96 bits per heavy atom. The van der Waals surface area contributed by atoms with Crippen LogP contribution in [-0.4, -0.2) is 22.9 Å². The molecule has 2 aromatic rings. The van der Waals surface area contributed by atoms with Crippen LogP contribution in [0.2, 0.25) is 0 Å². The van der Waals surface area contributed by atoms with Gasteiger partial charge in [0, 0.05) is 7.05 Å². The van der Waals surface area contributed by atoms with Gasteiger partial charge in [0.05, 0.1) is 17.0 Å². The first kappa shape index (κ1) is 16.7. The fourth-order valence-corrected chi connectivity index (χ4v) is 2.40. The van der Waals surface area contributed by atoms with Gasteiger partial charge in [-0.05, 0) is 44.9 Å². The Balaban J connectivity index is 2.44. The zero-order chi connectivity index (χ0) is 17.1. The standard InChI is InChI=1S/C17H22N4O2/c1-9-6-7-10(2)13(8-9)23-12(4)15-14(16(22)19-5)11(3)20-17(18)21-15/h6-8,12H,1-5H3,(H,19,22)(H2,18,20,21). The van der Waals surface area contributed by atoms with E-state index in [1.807, 2.05) is 39.0 Å². The van der Waals surface area contributed by atoms with E-state index >= 15 is 0 Å². The molecule has 1 atom stereocenters. The maximum absolute atomic E-state index is 12.2. The minimum atomic E-state index is -0.438. The van der Waals surface area contributed by atoms with Crippen LogP contribution in [0, 0.1) is 20.8 Å². The van der Waals surface area contributed by atoms with Crippen molar-refractivity contribution in [3.05, 3.63) is 46.3 Å². The second-order valence-corrected chi connectivity index (χ2v) is 5.54. The molecule has 0 saturated heterocycles. The number of carbonyl (C=O) groups excluding carboxylic acids is 1. The third kappa shape index (κ3) is 3.59. The van der Waals surface area contributed by atoms with Crippen LogP contribution in [0.15, 0.2) is 18.2 Å². The third-order valence-corrected chi connectivity index (χ3v) is 3.62. The Morgan fingerprint density at radius 3 is 2.61 bits per heavy atom. The molecule has 1 heterocycles. The van der Waals surface area contributed by atoms with Gasteiger partial charge in [0.15, 0.2) is 0 Å². The van der Waals surface area contributed by atoms with Crippen molar-refractivity contribution in [2.75, 3.05) is 12.8 Å². The normalized spacial score (nSPS) is 11.9. The highest BCUT2D eigenvalue weighted by atomic mass is 16.5. The highest BCUT2D eigenvalue weighted by Gasteiger charge is 2.23. The van der Waals surface area contributed by atoms with Crippen LogP contribution in [0.1, 0.15) is 45.9 Å². The molecule has 1 unspecified atom stereocenters. The number of nitrogens with two attached hydrogens (primary N) is 1. The summed E-state index contributed by atoms with van der Waals surface area (Å²) in [7, 11) is 1.57. The number of aromatic nitrogens is 2. The largest absolute Gasteiger partial charge is 0.484 e. The van der Waals surface area contributed by atoms with Crippen molar-refractivity contribution in [1.29, 1.82) is 0 Å². The molecular weight excluding hydrogens is 292 g/mol. The monoisotopic (exact) mass is 314 g/mol. The summed E-state index contributed by atoms with van der Waals surface area (Å²) < 4.78 is 6.03. The number of nitrogens with zero attached hydrogens (tertiary/aromatic N) is 2. The number of nitrogens with one attached hydrogen (secondary N) is 1. The predicted octanol–water partition coefficient (Wildman–Crippen LogP) is 2.48. The van der Waals surface area contributed by atoms with E-state index in [1.54, 1.807) is 14.0 Å². The number of anilines is 1. The second kappa shape index (κ2) is 6.64. The summed E-state index contributed by atoms with van der Waals surface area (Å²) in [5.74, 6) is 0.630. The van der Waals surface area contributed by atoms with Gasteiger partial charge in [0.25, 0.3) is 5.91 Å². The zero-order valence-electron chi connectivity index (χ0n) is 14.1. The third-order valence-electron chi connectivity index (χ3n) is 3.62. The predicted molar refractivity (Wildman–Crippen MR) is 89.5 cm³/mol. The average Bonchev–Trinajstić information content (AvgIpc) is 2.49. The van der Waals surface area contributed by atoms with Crippen LogP contribution < -0.4 is 15.8 Å².